The zero-order valence-electron chi connectivity index (χ0n) is 14.8. The van der Waals surface area contributed by atoms with E-state index < -0.39 is 5.60 Å². The average Bonchev–Trinajstić information content (AvgIpc) is 3.06. The van der Waals surface area contributed by atoms with Gasteiger partial charge in [0, 0.05) is 26.0 Å². The topological polar surface area (TPSA) is 51.7 Å². The Morgan fingerprint density at radius 1 is 1.28 bits per heavy atom. The highest BCUT2D eigenvalue weighted by atomic mass is 16.5. The third kappa shape index (κ3) is 4.37. The molecule has 0 saturated carbocycles. The molecule has 25 heavy (non-hydrogen) atoms. The van der Waals surface area contributed by atoms with E-state index in [4.69, 9.17) is 9.47 Å². The molecule has 1 aromatic carbocycles. The van der Waals surface area contributed by atoms with Crippen molar-refractivity contribution in [2.24, 2.45) is 0 Å². The number of ether oxygens (including phenoxy) is 2. The van der Waals surface area contributed by atoms with Crippen molar-refractivity contribution in [3.8, 4) is 5.75 Å². The van der Waals surface area contributed by atoms with Crippen molar-refractivity contribution in [1.29, 1.82) is 0 Å². The SMILES string of the molecule is COC1(COc2cccc(C)c2)CCN(C(=O)Cc2ccncc2)C1. The highest BCUT2D eigenvalue weighted by Gasteiger charge is 2.41. The molecular weight excluding hydrogens is 316 g/mol. The molecule has 1 amide bonds. The van der Waals surface area contributed by atoms with Gasteiger partial charge in [-0.15, -0.1) is 0 Å². The first-order valence-corrected chi connectivity index (χ1v) is 8.51. The molecule has 1 aromatic heterocycles. The monoisotopic (exact) mass is 340 g/mol. The number of nitrogens with zero attached hydrogens (tertiary/aromatic N) is 2. The van der Waals surface area contributed by atoms with Crippen LogP contribution in [-0.2, 0) is 16.0 Å². The number of hydrogen-bond donors (Lipinski definition) is 0. The van der Waals surface area contributed by atoms with Crippen molar-refractivity contribution in [2.75, 3.05) is 26.8 Å². The van der Waals surface area contributed by atoms with Gasteiger partial charge in [0.2, 0.25) is 5.91 Å². The van der Waals surface area contributed by atoms with E-state index in [0.29, 0.717) is 26.1 Å². The summed E-state index contributed by atoms with van der Waals surface area (Å²) in [4.78, 5) is 18.4. The van der Waals surface area contributed by atoms with Crippen LogP contribution < -0.4 is 4.74 Å². The Balaban J connectivity index is 1.59. The van der Waals surface area contributed by atoms with Gasteiger partial charge in [0.15, 0.2) is 0 Å². The molecule has 0 aliphatic carbocycles. The predicted molar refractivity (Wildman–Crippen MR) is 95.6 cm³/mol. The van der Waals surface area contributed by atoms with Crippen LogP contribution in [-0.4, -0.2) is 48.2 Å². The second kappa shape index (κ2) is 7.66. The van der Waals surface area contributed by atoms with Crippen LogP contribution in [0, 0.1) is 6.92 Å². The van der Waals surface area contributed by atoms with Gasteiger partial charge >= 0.3 is 0 Å². The van der Waals surface area contributed by atoms with Crippen LogP contribution in [0.15, 0.2) is 48.8 Å². The lowest BCUT2D eigenvalue weighted by atomic mass is 10.0. The highest BCUT2D eigenvalue weighted by molar-refractivity contribution is 5.79. The van der Waals surface area contributed by atoms with Gasteiger partial charge in [0.1, 0.15) is 18.0 Å². The number of carbonyl (C=O) groups excluding carboxylic acids is 1. The van der Waals surface area contributed by atoms with Gasteiger partial charge in [-0.25, -0.2) is 0 Å². The van der Waals surface area contributed by atoms with Crippen molar-refractivity contribution in [3.05, 3.63) is 59.9 Å². The smallest absolute Gasteiger partial charge is 0.227 e. The van der Waals surface area contributed by atoms with Gasteiger partial charge in [0.05, 0.1) is 13.0 Å². The molecule has 5 nitrogen and oxygen atoms in total. The first-order chi connectivity index (χ1) is 12.1. The lowest BCUT2D eigenvalue weighted by molar-refractivity contribution is -0.131. The number of aromatic nitrogens is 1. The number of aryl methyl sites for hydroxylation is 1. The van der Waals surface area contributed by atoms with Gasteiger partial charge in [-0.3, -0.25) is 9.78 Å². The molecule has 3 rings (SSSR count). The van der Waals surface area contributed by atoms with Crippen molar-refractivity contribution in [3.63, 3.8) is 0 Å². The van der Waals surface area contributed by atoms with Crippen molar-refractivity contribution in [1.82, 2.24) is 9.88 Å². The highest BCUT2D eigenvalue weighted by Crippen LogP contribution is 2.27. The van der Waals surface area contributed by atoms with E-state index in [9.17, 15) is 4.79 Å². The van der Waals surface area contributed by atoms with Crippen LogP contribution in [0.3, 0.4) is 0 Å². The summed E-state index contributed by atoms with van der Waals surface area (Å²) in [5.74, 6) is 0.943. The summed E-state index contributed by atoms with van der Waals surface area (Å²) in [6.07, 6.45) is 4.59. The van der Waals surface area contributed by atoms with E-state index in [-0.39, 0.29) is 5.91 Å². The summed E-state index contributed by atoms with van der Waals surface area (Å²) < 4.78 is 11.7. The van der Waals surface area contributed by atoms with E-state index in [0.717, 1.165) is 23.3 Å². The Morgan fingerprint density at radius 3 is 2.80 bits per heavy atom. The Kier molecular flexibility index (Phi) is 5.34. The minimum atomic E-state index is -0.447. The van der Waals surface area contributed by atoms with Crippen molar-refractivity contribution in [2.45, 2.75) is 25.4 Å². The maximum Gasteiger partial charge on any atom is 0.227 e. The lowest BCUT2D eigenvalue weighted by Crippen LogP contribution is -2.42. The molecule has 132 valence electrons. The number of pyridine rings is 1. The van der Waals surface area contributed by atoms with Gasteiger partial charge in [0.25, 0.3) is 0 Å². The first-order valence-electron chi connectivity index (χ1n) is 8.51. The van der Waals surface area contributed by atoms with E-state index in [1.807, 2.05) is 48.2 Å². The molecule has 1 fully saturated rings. The number of amides is 1. The molecule has 0 bridgehead atoms. The fourth-order valence-electron chi connectivity index (χ4n) is 3.11. The molecule has 1 aliphatic rings. The van der Waals surface area contributed by atoms with Crippen molar-refractivity contribution < 1.29 is 14.3 Å². The summed E-state index contributed by atoms with van der Waals surface area (Å²) in [6.45, 7) is 3.72. The third-order valence-corrected chi connectivity index (χ3v) is 4.70. The minimum absolute atomic E-state index is 0.112. The molecule has 5 heteroatoms. The molecule has 2 heterocycles. The number of methoxy groups -OCH3 is 1. The van der Waals surface area contributed by atoms with Gasteiger partial charge in [-0.1, -0.05) is 12.1 Å². The Bertz CT molecular complexity index is 720. The van der Waals surface area contributed by atoms with Gasteiger partial charge < -0.3 is 14.4 Å². The normalized spacial score (nSPS) is 19.8. The van der Waals surface area contributed by atoms with Crippen LogP contribution in [0.4, 0.5) is 0 Å². The van der Waals surface area contributed by atoms with Crippen LogP contribution in [0.2, 0.25) is 0 Å². The maximum absolute atomic E-state index is 12.5. The molecule has 2 aromatic rings. The second-order valence-corrected chi connectivity index (χ2v) is 6.59. The molecule has 1 unspecified atom stereocenters. The van der Waals surface area contributed by atoms with E-state index in [1.54, 1.807) is 19.5 Å². The van der Waals surface area contributed by atoms with Crippen LogP contribution in [0.1, 0.15) is 17.5 Å². The molecule has 1 saturated heterocycles. The Labute approximate surface area is 148 Å². The first kappa shape index (κ1) is 17.4. The van der Waals surface area contributed by atoms with Gasteiger partial charge in [-0.2, -0.15) is 0 Å². The zero-order valence-corrected chi connectivity index (χ0v) is 14.8. The molecular formula is C20H24N2O3. The summed E-state index contributed by atoms with van der Waals surface area (Å²) in [5, 5.41) is 0. The summed E-state index contributed by atoms with van der Waals surface area (Å²) in [6, 6.07) is 11.7. The third-order valence-electron chi connectivity index (χ3n) is 4.70. The quantitative estimate of drug-likeness (QED) is 0.811. The van der Waals surface area contributed by atoms with E-state index in [2.05, 4.69) is 4.98 Å². The minimum Gasteiger partial charge on any atom is -0.491 e. The molecule has 0 radical (unpaired) electrons. The maximum atomic E-state index is 12.5. The lowest BCUT2D eigenvalue weighted by Gasteiger charge is -2.28. The molecule has 0 spiro atoms. The summed E-state index contributed by atoms with van der Waals surface area (Å²) in [7, 11) is 1.69. The van der Waals surface area contributed by atoms with Crippen LogP contribution in [0.5, 0.6) is 5.75 Å². The zero-order chi connectivity index (χ0) is 17.7. The largest absolute Gasteiger partial charge is 0.491 e. The fraction of sp³-hybridized carbons (Fsp3) is 0.400. The fourth-order valence-corrected chi connectivity index (χ4v) is 3.11. The summed E-state index contributed by atoms with van der Waals surface area (Å²) >= 11 is 0. The average molecular weight is 340 g/mol. The van der Waals surface area contributed by atoms with Crippen LogP contribution >= 0.6 is 0 Å². The number of hydrogen-bond acceptors (Lipinski definition) is 4. The van der Waals surface area contributed by atoms with E-state index in [1.165, 1.54) is 0 Å². The molecule has 1 aliphatic heterocycles. The number of likely N-dealkylation sites (tertiary alicyclic amines) is 1. The predicted octanol–water partition coefficient (Wildman–Crippen LogP) is 2.63. The Hall–Kier alpha value is -2.40. The second-order valence-electron chi connectivity index (χ2n) is 6.59. The Morgan fingerprint density at radius 2 is 2.08 bits per heavy atom. The number of benzene rings is 1. The molecule has 0 N–H and O–H groups in total. The molecule has 1 atom stereocenters. The number of rotatable bonds is 6. The summed E-state index contributed by atoms with van der Waals surface area (Å²) in [5.41, 5.74) is 1.69. The van der Waals surface area contributed by atoms with E-state index >= 15 is 0 Å². The number of carbonyl (C=O) groups is 1. The standard InChI is InChI=1S/C20H24N2O3/c1-16-4-3-5-18(12-16)25-15-20(24-2)8-11-22(14-20)19(23)13-17-6-9-21-10-7-17/h3-7,9-10,12H,8,11,13-15H2,1-2H3. The van der Waals surface area contributed by atoms with Crippen LogP contribution in [0.25, 0.3) is 0 Å². The van der Waals surface area contributed by atoms with Crippen molar-refractivity contribution >= 4 is 5.91 Å². The van der Waals surface area contributed by atoms with Gasteiger partial charge in [-0.05, 0) is 48.7 Å².